The topological polar surface area (TPSA) is 55.9 Å². The Kier molecular flexibility index (Phi) is 4.10. The lowest BCUT2D eigenvalue weighted by molar-refractivity contribution is 0.592. The van der Waals surface area contributed by atoms with Gasteiger partial charge in [-0.15, -0.1) is 0 Å². The van der Waals surface area contributed by atoms with Crippen LogP contribution in [0.4, 0.5) is 11.4 Å². The van der Waals surface area contributed by atoms with Crippen molar-refractivity contribution < 1.29 is 0 Å². The number of nitrogens with one attached hydrogen (secondary N) is 1. The van der Waals surface area contributed by atoms with E-state index >= 15 is 0 Å². The van der Waals surface area contributed by atoms with E-state index in [0.717, 1.165) is 30.8 Å². The van der Waals surface area contributed by atoms with Gasteiger partial charge in [-0.3, -0.25) is 4.68 Å². The minimum absolute atomic E-state index is 0.593. The van der Waals surface area contributed by atoms with Crippen LogP contribution >= 0.6 is 11.6 Å². The molecule has 0 unspecified atom stereocenters. The molecule has 0 amide bonds. The highest BCUT2D eigenvalue weighted by Crippen LogP contribution is 2.26. The molecule has 0 aliphatic carbocycles. The molecule has 2 rings (SSSR count). The normalized spacial score (nSPS) is 10.6. The van der Waals surface area contributed by atoms with E-state index in [-0.39, 0.29) is 0 Å². The molecular weight excluding hydrogens is 248 g/mol. The largest absolute Gasteiger partial charge is 0.398 e. The van der Waals surface area contributed by atoms with Crippen LogP contribution < -0.4 is 11.1 Å². The zero-order valence-electron chi connectivity index (χ0n) is 10.4. The van der Waals surface area contributed by atoms with Gasteiger partial charge in [0, 0.05) is 31.2 Å². The molecule has 0 saturated carbocycles. The number of rotatable bonds is 5. The number of benzene rings is 1. The molecule has 0 saturated heterocycles. The first-order chi connectivity index (χ1) is 8.66. The highest BCUT2D eigenvalue weighted by molar-refractivity contribution is 6.33. The second-order valence-electron chi connectivity index (χ2n) is 4.24. The van der Waals surface area contributed by atoms with E-state index in [2.05, 4.69) is 10.4 Å². The fourth-order valence-electron chi connectivity index (χ4n) is 1.79. The first-order valence-electron chi connectivity index (χ1n) is 5.94. The number of halogens is 1. The van der Waals surface area contributed by atoms with Crippen molar-refractivity contribution in [2.75, 3.05) is 17.6 Å². The molecule has 0 aliphatic rings. The molecule has 0 spiro atoms. The summed E-state index contributed by atoms with van der Waals surface area (Å²) in [5, 5.41) is 8.11. The first-order valence-corrected chi connectivity index (χ1v) is 6.31. The van der Waals surface area contributed by atoms with Crippen LogP contribution in [0.5, 0.6) is 0 Å². The number of aryl methyl sites for hydroxylation is 2. The molecule has 0 fully saturated rings. The summed E-state index contributed by atoms with van der Waals surface area (Å²) >= 11 is 6.00. The third-order valence-electron chi connectivity index (χ3n) is 2.78. The number of nitrogen functional groups attached to an aromatic ring is 1. The van der Waals surface area contributed by atoms with Crippen LogP contribution in [-0.2, 0) is 6.54 Å². The fraction of sp³-hybridized carbons (Fsp3) is 0.308. The van der Waals surface area contributed by atoms with E-state index < -0.39 is 0 Å². The van der Waals surface area contributed by atoms with Gasteiger partial charge in [0.1, 0.15) is 0 Å². The Balaban J connectivity index is 1.85. The Morgan fingerprint density at radius 1 is 1.44 bits per heavy atom. The van der Waals surface area contributed by atoms with Crippen LogP contribution in [0.1, 0.15) is 12.0 Å². The molecule has 1 heterocycles. The van der Waals surface area contributed by atoms with Gasteiger partial charge in [-0.1, -0.05) is 11.6 Å². The Hall–Kier alpha value is -1.68. The van der Waals surface area contributed by atoms with E-state index in [1.807, 2.05) is 36.0 Å². The molecule has 0 bridgehead atoms. The van der Waals surface area contributed by atoms with Crippen molar-refractivity contribution in [3.05, 3.63) is 41.2 Å². The second-order valence-corrected chi connectivity index (χ2v) is 4.65. The van der Waals surface area contributed by atoms with Crippen LogP contribution in [0.2, 0.25) is 5.02 Å². The summed E-state index contributed by atoms with van der Waals surface area (Å²) in [5.41, 5.74) is 8.50. The average Bonchev–Trinajstić information content (AvgIpc) is 2.84. The van der Waals surface area contributed by atoms with Crippen molar-refractivity contribution in [3.8, 4) is 0 Å². The van der Waals surface area contributed by atoms with E-state index in [1.165, 1.54) is 0 Å². The van der Waals surface area contributed by atoms with Gasteiger partial charge in [0.05, 0.1) is 10.7 Å². The molecule has 1 aromatic carbocycles. The van der Waals surface area contributed by atoms with Crippen molar-refractivity contribution in [2.45, 2.75) is 19.9 Å². The van der Waals surface area contributed by atoms with Crippen molar-refractivity contribution in [1.29, 1.82) is 0 Å². The smallest absolute Gasteiger partial charge is 0.0656 e. The predicted octanol–water partition coefficient (Wildman–Crippen LogP) is 2.93. The van der Waals surface area contributed by atoms with Gasteiger partial charge in [-0.2, -0.15) is 5.10 Å². The molecule has 0 aliphatic heterocycles. The maximum Gasteiger partial charge on any atom is 0.0656 e. The Morgan fingerprint density at radius 2 is 2.28 bits per heavy atom. The third-order valence-corrected chi connectivity index (χ3v) is 3.11. The monoisotopic (exact) mass is 264 g/mol. The van der Waals surface area contributed by atoms with Gasteiger partial charge in [0.2, 0.25) is 0 Å². The van der Waals surface area contributed by atoms with Gasteiger partial charge in [0.15, 0.2) is 0 Å². The molecular formula is C13H17ClN4. The quantitative estimate of drug-likeness (QED) is 0.645. The predicted molar refractivity (Wildman–Crippen MR) is 75.9 cm³/mol. The van der Waals surface area contributed by atoms with Gasteiger partial charge in [0.25, 0.3) is 0 Å². The molecule has 0 radical (unpaired) electrons. The molecule has 2 aromatic rings. The Morgan fingerprint density at radius 3 is 3.00 bits per heavy atom. The molecule has 5 heteroatoms. The van der Waals surface area contributed by atoms with Crippen LogP contribution in [0.15, 0.2) is 30.6 Å². The number of anilines is 2. The summed E-state index contributed by atoms with van der Waals surface area (Å²) in [5.74, 6) is 0. The number of hydrogen-bond donors (Lipinski definition) is 2. The second kappa shape index (κ2) is 5.78. The third kappa shape index (κ3) is 3.17. The molecule has 1 aromatic heterocycles. The standard InChI is InChI=1S/C13H17ClN4/c1-10-8-12(15)11(14)9-13(10)16-4-2-6-18-7-3-5-17-18/h3,5,7-9,16H,2,4,6,15H2,1H3. The van der Waals surface area contributed by atoms with E-state index in [1.54, 1.807) is 6.20 Å². The summed E-state index contributed by atoms with van der Waals surface area (Å²) in [7, 11) is 0. The van der Waals surface area contributed by atoms with Gasteiger partial charge in [-0.25, -0.2) is 0 Å². The number of hydrogen-bond acceptors (Lipinski definition) is 3. The van der Waals surface area contributed by atoms with Crippen molar-refractivity contribution >= 4 is 23.0 Å². The number of nitrogens with two attached hydrogens (primary N) is 1. The average molecular weight is 265 g/mol. The number of aromatic nitrogens is 2. The lowest BCUT2D eigenvalue weighted by Gasteiger charge is -2.11. The van der Waals surface area contributed by atoms with E-state index in [0.29, 0.717) is 10.7 Å². The summed E-state index contributed by atoms with van der Waals surface area (Å²) in [6, 6.07) is 5.69. The molecule has 96 valence electrons. The summed E-state index contributed by atoms with van der Waals surface area (Å²) in [6.07, 6.45) is 4.76. The lowest BCUT2D eigenvalue weighted by Crippen LogP contribution is -2.08. The Labute approximate surface area is 112 Å². The number of nitrogens with zero attached hydrogens (tertiary/aromatic N) is 2. The van der Waals surface area contributed by atoms with Gasteiger partial charge in [-0.05, 0) is 37.1 Å². The van der Waals surface area contributed by atoms with Gasteiger partial charge >= 0.3 is 0 Å². The van der Waals surface area contributed by atoms with E-state index in [4.69, 9.17) is 17.3 Å². The zero-order chi connectivity index (χ0) is 13.0. The first kappa shape index (κ1) is 12.8. The van der Waals surface area contributed by atoms with Crippen LogP contribution in [0.3, 0.4) is 0 Å². The maximum atomic E-state index is 6.00. The van der Waals surface area contributed by atoms with E-state index in [9.17, 15) is 0 Å². The summed E-state index contributed by atoms with van der Waals surface area (Å²) in [6.45, 7) is 3.80. The van der Waals surface area contributed by atoms with Crippen LogP contribution in [0.25, 0.3) is 0 Å². The van der Waals surface area contributed by atoms with Crippen molar-refractivity contribution in [1.82, 2.24) is 9.78 Å². The fourth-order valence-corrected chi connectivity index (χ4v) is 1.95. The summed E-state index contributed by atoms with van der Waals surface area (Å²) in [4.78, 5) is 0. The maximum absolute atomic E-state index is 6.00. The highest BCUT2D eigenvalue weighted by Gasteiger charge is 2.02. The molecule has 18 heavy (non-hydrogen) atoms. The van der Waals surface area contributed by atoms with Crippen molar-refractivity contribution in [3.63, 3.8) is 0 Å². The summed E-state index contributed by atoms with van der Waals surface area (Å²) < 4.78 is 1.92. The minimum atomic E-state index is 0.593. The molecule has 0 atom stereocenters. The zero-order valence-corrected chi connectivity index (χ0v) is 11.1. The highest BCUT2D eigenvalue weighted by atomic mass is 35.5. The minimum Gasteiger partial charge on any atom is -0.398 e. The lowest BCUT2D eigenvalue weighted by atomic mass is 10.1. The SMILES string of the molecule is Cc1cc(N)c(Cl)cc1NCCCn1cccn1. The van der Waals surface area contributed by atoms with Crippen LogP contribution in [0, 0.1) is 6.92 Å². The van der Waals surface area contributed by atoms with Crippen molar-refractivity contribution in [2.24, 2.45) is 0 Å². The van der Waals surface area contributed by atoms with Gasteiger partial charge < -0.3 is 11.1 Å². The molecule has 4 nitrogen and oxygen atoms in total. The van der Waals surface area contributed by atoms with Crippen LogP contribution in [-0.4, -0.2) is 16.3 Å². The Bertz CT molecular complexity index is 508. The molecule has 3 N–H and O–H groups in total.